The molecule has 0 radical (unpaired) electrons. The highest BCUT2D eigenvalue weighted by atomic mass is 32.2. The van der Waals surface area contributed by atoms with E-state index in [1.165, 1.54) is 9.18 Å². The highest BCUT2D eigenvalue weighted by molar-refractivity contribution is 7.89. The lowest BCUT2D eigenvalue weighted by Gasteiger charge is -2.30. The van der Waals surface area contributed by atoms with Gasteiger partial charge in [-0.3, -0.25) is 4.79 Å². The van der Waals surface area contributed by atoms with Crippen LogP contribution in [0.25, 0.3) is 0 Å². The second-order valence-electron chi connectivity index (χ2n) is 7.87. The van der Waals surface area contributed by atoms with Crippen LogP contribution in [0.15, 0.2) is 77.7 Å². The summed E-state index contributed by atoms with van der Waals surface area (Å²) in [6.07, 6.45) is 0.613. The molecule has 0 aliphatic carbocycles. The van der Waals surface area contributed by atoms with Crippen LogP contribution in [0.5, 0.6) is 0 Å². The molecular weight excluding hydrogens is 440 g/mol. The molecule has 1 amide bonds. The summed E-state index contributed by atoms with van der Waals surface area (Å²) >= 11 is 1.65. The molecule has 1 aromatic heterocycles. The quantitative estimate of drug-likeness (QED) is 0.415. The maximum Gasteiger partial charge on any atom is 0.243 e. The zero-order valence-corrected chi connectivity index (χ0v) is 20.4. The first-order valence-corrected chi connectivity index (χ1v) is 13.0. The number of benzene rings is 2. The number of nitrogens with zero attached hydrogens (tertiary/aromatic N) is 2. The first kappa shape index (κ1) is 24.2. The van der Waals surface area contributed by atoms with Crippen molar-refractivity contribution in [1.29, 1.82) is 0 Å². The average molecular weight is 471 g/mol. The van der Waals surface area contributed by atoms with Gasteiger partial charge >= 0.3 is 0 Å². The van der Waals surface area contributed by atoms with Crippen LogP contribution < -0.4 is 0 Å². The molecule has 0 aliphatic heterocycles. The fraction of sp³-hybridized carbons (Fsp3) is 0.320. The third-order valence-electron chi connectivity index (χ3n) is 5.44. The van der Waals surface area contributed by atoms with Crippen molar-refractivity contribution in [3.8, 4) is 0 Å². The molecule has 0 bridgehead atoms. The van der Waals surface area contributed by atoms with Crippen LogP contribution in [-0.4, -0.2) is 36.1 Å². The number of hydrogen-bond acceptors (Lipinski definition) is 4. The maximum atomic E-state index is 13.5. The molecule has 0 saturated carbocycles. The van der Waals surface area contributed by atoms with Crippen LogP contribution in [0.3, 0.4) is 0 Å². The molecule has 1 unspecified atom stereocenters. The van der Waals surface area contributed by atoms with Crippen molar-refractivity contribution < 1.29 is 13.2 Å². The topological polar surface area (TPSA) is 57.7 Å². The Hall–Kier alpha value is -2.48. The number of rotatable bonds is 10. The van der Waals surface area contributed by atoms with E-state index in [1.54, 1.807) is 46.6 Å². The molecule has 0 aliphatic rings. The molecule has 5 nitrogen and oxygen atoms in total. The summed E-state index contributed by atoms with van der Waals surface area (Å²) < 4.78 is 28.1. The first-order valence-electron chi connectivity index (χ1n) is 10.7. The van der Waals surface area contributed by atoms with Crippen LogP contribution in [-0.2, 0) is 27.9 Å². The Bertz CT molecular complexity index is 1110. The van der Waals surface area contributed by atoms with E-state index in [-0.39, 0.29) is 23.4 Å². The summed E-state index contributed by atoms with van der Waals surface area (Å²) in [7, 11) is -3.79. The summed E-state index contributed by atoms with van der Waals surface area (Å²) in [5.41, 5.74) is 1.01. The Morgan fingerprint density at radius 3 is 2.12 bits per heavy atom. The minimum Gasteiger partial charge on any atom is -0.332 e. The van der Waals surface area contributed by atoms with E-state index in [0.717, 1.165) is 10.4 Å². The maximum absolute atomic E-state index is 13.5. The fourth-order valence-corrected chi connectivity index (χ4v) is 6.02. The monoisotopic (exact) mass is 470 g/mol. The number of hydrogen-bond donors (Lipinski definition) is 0. The number of thiophene rings is 1. The minimum absolute atomic E-state index is 0.191. The Morgan fingerprint density at radius 1 is 0.938 bits per heavy atom. The van der Waals surface area contributed by atoms with Crippen LogP contribution in [0.2, 0.25) is 0 Å². The van der Waals surface area contributed by atoms with E-state index in [1.807, 2.05) is 63.2 Å². The third kappa shape index (κ3) is 6.06. The van der Waals surface area contributed by atoms with Gasteiger partial charge in [0.05, 0.1) is 18.0 Å². The van der Waals surface area contributed by atoms with Gasteiger partial charge in [-0.05, 0) is 50.1 Å². The van der Waals surface area contributed by atoms with Gasteiger partial charge in [-0.25, -0.2) is 8.42 Å². The summed E-state index contributed by atoms with van der Waals surface area (Å²) in [5, 5.41) is 0. The zero-order valence-electron chi connectivity index (χ0n) is 18.8. The molecule has 3 rings (SSSR count). The molecule has 0 saturated heterocycles. The lowest BCUT2D eigenvalue weighted by molar-refractivity contribution is -0.133. The molecule has 170 valence electrons. The lowest BCUT2D eigenvalue weighted by Crippen LogP contribution is -2.46. The third-order valence-corrected chi connectivity index (χ3v) is 8.39. The molecular formula is C25H30N2O3S2. The Kier molecular flexibility index (Phi) is 8.23. The van der Waals surface area contributed by atoms with Crippen molar-refractivity contribution in [2.45, 2.75) is 51.2 Å². The van der Waals surface area contributed by atoms with Gasteiger partial charge in [-0.1, -0.05) is 55.5 Å². The molecule has 0 N–H and O–H groups in total. The Labute approximate surface area is 195 Å². The molecule has 1 atom stereocenters. The second-order valence-corrected chi connectivity index (χ2v) is 11.1. The minimum atomic E-state index is -3.79. The summed E-state index contributed by atoms with van der Waals surface area (Å²) in [6, 6.07) is 21.9. The van der Waals surface area contributed by atoms with Gasteiger partial charge in [-0.2, -0.15) is 4.31 Å². The first-order chi connectivity index (χ1) is 15.3. The molecule has 3 aromatic rings. The van der Waals surface area contributed by atoms with E-state index in [4.69, 9.17) is 0 Å². The normalized spacial score (nSPS) is 12.6. The van der Waals surface area contributed by atoms with E-state index in [2.05, 4.69) is 0 Å². The van der Waals surface area contributed by atoms with Gasteiger partial charge in [0.25, 0.3) is 0 Å². The average Bonchev–Trinajstić information content (AvgIpc) is 3.22. The van der Waals surface area contributed by atoms with Crippen LogP contribution in [0, 0.1) is 6.92 Å². The molecule has 2 aromatic carbocycles. The van der Waals surface area contributed by atoms with Gasteiger partial charge < -0.3 is 4.90 Å². The van der Waals surface area contributed by atoms with Crippen molar-refractivity contribution in [2.24, 2.45) is 0 Å². The van der Waals surface area contributed by atoms with Crippen molar-refractivity contribution in [3.05, 3.63) is 88.1 Å². The SMILES string of the molecule is CCC(C)N(CC(=O)N(Cc1ccccc1)Cc1ccc(C)s1)S(=O)(=O)c1ccccc1. The lowest BCUT2D eigenvalue weighted by atomic mass is 10.2. The van der Waals surface area contributed by atoms with Crippen LogP contribution in [0.1, 0.15) is 35.6 Å². The predicted octanol–water partition coefficient (Wildman–Crippen LogP) is 5.07. The van der Waals surface area contributed by atoms with Gasteiger partial charge in [0.2, 0.25) is 15.9 Å². The molecule has 1 heterocycles. The van der Waals surface area contributed by atoms with Gasteiger partial charge in [0, 0.05) is 22.3 Å². The fourth-order valence-electron chi connectivity index (χ4n) is 3.44. The Balaban J connectivity index is 1.88. The number of amides is 1. The number of sulfonamides is 1. The summed E-state index contributed by atoms with van der Waals surface area (Å²) in [4.78, 5) is 17.7. The molecule has 0 spiro atoms. The smallest absolute Gasteiger partial charge is 0.243 e. The van der Waals surface area contributed by atoms with Crippen LogP contribution in [0.4, 0.5) is 0 Å². The van der Waals surface area contributed by atoms with Gasteiger partial charge in [-0.15, -0.1) is 11.3 Å². The number of carbonyl (C=O) groups is 1. The van der Waals surface area contributed by atoms with Crippen molar-refractivity contribution in [1.82, 2.24) is 9.21 Å². The largest absolute Gasteiger partial charge is 0.332 e. The zero-order chi connectivity index (χ0) is 23.1. The van der Waals surface area contributed by atoms with Gasteiger partial charge in [0.1, 0.15) is 0 Å². The van der Waals surface area contributed by atoms with Crippen LogP contribution >= 0.6 is 11.3 Å². The summed E-state index contributed by atoms with van der Waals surface area (Å²) in [6.45, 7) is 6.50. The second kappa shape index (κ2) is 10.9. The van der Waals surface area contributed by atoms with E-state index >= 15 is 0 Å². The molecule has 32 heavy (non-hydrogen) atoms. The predicted molar refractivity (Wildman–Crippen MR) is 130 cm³/mol. The number of aryl methyl sites for hydroxylation is 1. The van der Waals surface area contributed by atoms with Gasteiger partial charge in [0.15, 0.2) is 0 Å². The highest BCUT2D eigenvalue weighted by Gasteiger charge is 2.31. The Morgan fingerprint density at radius 2 is 1.56 bits per heavy atom. The van der Waals surface area contributed by atoms with Crippen molar-refractivity contribution in [3.63, 3.8) is 0 Å². The van der Waals surface area contributed by atoms with Crippen molar-refractivity contribution in [2.75, 3.05) is 6.54 Å². The van der Waals surface area contributed by atoms with E-state index in [0.29, 0.717) is 19.5 Å². The number of carbonyl (C=O) groups excluding carboxylic acids is 1. The molecule has 7 heteroatoms. The molecule has 0 fully saturated rings. The van der Waals surface area contributed by atoms with Crippen molar-refractivity contribution >= 4 is 27.3 Å². The van der Waals surface area contributed by atoms with E-state index < -0.39 is 10.0 Å². The highest BCUT2D eigenvalue weighted by Crippen LogP contribution is 2.22. The summed E-state index contributed by atoms with van der Waals surface area (Å²) in [5.74, 6) is -0.209. The standard InChI is InChI=1S/C25H30N2O3S2/c1-4-20(2)27(32(29,30)24-13-9-6-10-14-24)19-25(28)26(17-22-11-7-5-8-12-22)18-23-16-15-21(3)31-23/h5-16,20H,4,17-19H2,1-3H3. The van der Waals surface area contributed by atoms with E-state index in [9.17, 15) is 13.2 Å².